The molecule has 28 heavy (non-hydrogen) atoms. The molecule has 0 spiro atoms. The quantitative estimate of drug-likeness (QED) is 0.483. The molecule has 0 aromatic carbocycles. The number of hydrogen-bond acceptors (Lipinski definition) is 9. The summed E-state index contributed by atoms with van der Waals surface area (Å²) in [6.45, 7) is 0.374. The molecular weight excluding hydrogens is 380 g/mol. The van der Waals surface area contributed by atoms with Crippen molar-refractivity contribution in [1.29, 1.82) is 0 Å². The molecule has 1 N–H and O–H groups in total. The van der Waals surface area contributed by atoms with Crippen molar-refractivity contribution in [2.45, 2.75) is 25.8 Å². The number of aryl methyl sites for hydroxylation is 1. The van der Waals surface area contributed by atoms with E-state index in [1.54, 1.807) is 37.0 Å². The molecule has 0 saturated carbocycles. The second-order valence-corrected chi connectivity index (χ2v) is 6.71. The minimum Gasteiger partial charge on any atom is -0.461 e. The Balaban J connectivity index is 1.21. The van der Waals surface area contributed by atoms with Crippen molar-refractivity contribution in [3.63, 3.8) is 0 Å². The molecule has 4 aromatic heterocycles. The van der Waals surface area contributed by atoms with Crippen LogP contribution in [-0.4, -0.2) is 31.0 Å². The average Bonchev–Trinajstić information content (AvgIpc) is 3.48. The van der Waals surface area contributed by atoms with Gasteiger partial charge in [0.15, 0.2) is 5.76 Å². The van der Waals surface area contributed by atoms with Crippen LogP contribution >= 0.6 is 11.3 Å². The fourth-order valence-corrected chi connectivity index (χ4v) is 3.24. The lowest BCUT2D eigenvalue weighted by Gasteiger charge is -2.02. The predicted octanol–water partition coefficient (Wildman–Crippen LogP) is 2.88. The molecule has 142 valence electrons. The molecule has 4 heterocycles. The van der Waals surface area contributed by atoms with Gasteiger partial charge in [-0.25, -0.2) is 4.98 Å². The Hall–Kier alpha value is -3.40. The summed E-state index contributed by atoms with van der Waals surface area (Å²) in [5.74, 6) is 1.39. The zero-order chi connectivity index (χ0) is 19.2. The Kier molecular flexibility index (Phi) is 5.48. The van der Waals surface area contributed by atoms with Gasteiger partial charge in [-0.2, -0.15) is 4.98 Å². The Morgan fingerprint density at radius 2 is 2.21 bits per heavy atom. The van der Waals surface area contributed by atoms with Crippen LogP contribution in [0.15, 0.2) is 51.3 Å². The smallest absolute Gasteiger partial charge is 0.238 e. The SMILES string of the molecule is O=C(CCCc1nc(-c2ccco2)no1)NCc1csc(-c2cnccn2)n1. The Bertz CT molecular complexity index is 1030. The molecule has 9 nitrogen and oxygen atoms in total. The van der Waals surface area contributed by atoms with Crippen LogP contribution in [0.4, 0.5) is 0 Å². The summed E-state index contributed by atoms with van der Waals surface area (Å²) in [6.07, 6.45) is 7.94. The van der Waals surface area contributed by atoms with E-state index in [1.165, 1.54) is 11.3 Å². The molecule has 4 rings (SSSR count). The number of aromatic nitrogens is 5. The van der Waals surface area contributed by atoms with Crippen molar-refractivity contribution in [3.8, 4) is 22.3 Å². The molecule has 10 heteroatoms. The van der Waals surface area contributed by atoms with Gasteiger partial charge in [-0.3, -0.25) is 14.8 Å². The second-order valence-electron chi connectivity index (χ2n) is 5.85. The van der Waals surface area contributed by atoms with Crippen molar-refractivity contribution in [1.82, 2.24) is 30.4 Å². The van der Waals surface area contributed by atoms with Crippen LogP contribution in [0.25, 0.3) is 22.3 Å². The van der Waals surface area contributed by atoms with Crippen LogP contribution in [0, 0.1) is 0 Å². The van der Waals surface area contributed by atoms with Crippen molar-refractivity contribution in [3.05, 3.63) is 54.0 Å². The molecule has 0 fully saturated rings. The molecular formula is C18H16N6O3S. The molecule has 1 amide bonds. The van der Waals surface area contributed by atoms with Gasteiger partial charge >= 0.3 is 0 Å². The van der Waals surface area contributed by atoms with E-state index in [9.17, 15) is 4.79 Å². The van der Waals surface area contributed by atoms with Crippen molar-refractivity contribution in [2.75, 3.05) is 0 Å². The van der Waals surface area contributed by atoms with E-state index in [2.05, 4.69) is 30.4 Å². The highest BCUT2D eigenvalue weighted by Crippen LogP contribution is 2.20. The number of nitrogens with one attached hydrogen (secondary N) is 1. The number of furan rings is 1. The molecule has 0 aliphatic heterocycles. The highest BCUT2D eigenvalue weighted by molar-refractivity contribution is 7.13. The van der Waals surface area contributed by atoms with Gasteiger partial charge in [0.25, 0.3) is 0 Å². The maximum absolute atomic E-state index is 12.0. The van der Waals surface area contributed by atoms with Gasteiger partial charge in [-0.1, -0.05) is 5.16 Å². The molecule has 0 radical (unpaired) electrons. The van der Waals surface area contributed by atoms with Gasteiger partial charge in [-0.05, 0) is 18.6 Å². The van der Waals surface area contributed by atoms with Crippen LogP contribution in [0.3, 0.4) is 0 Å². The summed E-state index contributed by atoms with van der Waals surface area (Å²) in [4.78, 5) is 29.0. The van der Waals surface area contributed by atoms with E-state index in [-0.39, 0.29) is 5.91 Å². The van der Waals surface area contributed by atoms with Gasteiger partial charge in [0.1, 0.15) is 10.7 Å². The zero-order valence-corrected chi connectivity index (χ0v) is 15.6. The third-order valence-electron chi connectivity index (χ3n) is 3.80. The number of thiazole rings is 1. The van der Waals surface area contributed by atoms with E-state index in [1.807, 2.05) is 5.38 Å². The fourth-order valence-electron chi connectivity index (χ4n) is 2.46. The first kappa shape index (κ1) is 18.0. The third kappa shape index (κ3) is 4.46. The number of amides is 1. The largest absolute Gasteiger partial charge is 0.461 e. The van der Waals surface area contributed by atoms with Crippen LogP contribution in [0.1, 0.15) is 24.4 Å². The number of rotatable bonds is 8. The van der Waals surface area contributed by atoms with E-state index in [4.69, 9.17) is 8.94 Å². The topological polar surface area (TPSA) is 120 Å². The van der Waals surface area contributed by atoms with Crippen LogP contribution in [0.2, 0.25) is 0 Å². The maximum atomic E-state index is 12.0. The summed E-state index contributed by atoms with van der Waals surface area (Å²) in [7, 11) is 0. The predicted molar refractivity (Wildman–Crippen MR) is 99.9 cm³/mol. The molecule has 0 atom stereocenters. The Morgan fingerprint density at radius 3 is 3.04 bits per heavy atom. The number of hydrogen-bond donors (Lipinski definition) is 1. The van der Waals surface area contributed by atoms with Crippen molar-refractivity contribution >= 4 is 17.2 Å². The van der Waals surface area contributed by atoms with Crippen LogP contribution < -0.4 is 5.32 Å². The van der Waals surface area contributed by atoms with Gasteiger partial charge < -0.3 is 14.3 Å². The van der Waals surface area contributed by atoms with E-state index < -0.39 is 0 Å². The first-order valence-corrected chi connectivity index (χ1v) is 9.50. The van der Waals surface area contributed by atoms with E-state index >= 15 is 0 Å². The summed E-state index contributed by atoms with van der Waals surface area (Å²) < 4.78 is 10.4. The van der Waals surface area contributed by atoms with E-state index in [0.717, 1.165) is 16.4 Å². The first-order chi connectivity index (χ1) is 13.8. The highest BCUT2D eigenvalue weighted by Gasteiger charge is 2.12. The molecule has 0 aliphatic carbocycles. The second kappa shape index (κ2) is 8.53. The monoisotopic (exact) mass is 396 g/mol. The van der Waals surface area contributed by atoms with Gasteiger partial charge in [0.05, 0.1) is 24.7 Å². The average molecular weight is 396 g/mol. The van der Waals surface area contributed by atoms with Crippen LogP contribution in [-0.2, 0) is 17.8 Å². The molecule has 0 unspecified atom stereocenters. The lowest BCUT2D eigenvalue weighted by atomic mass is 10.2. The lowest BCUT2D eigenvalue weighted by molar-refractivity contribution is -0.121. The summed E-state index contributed by atoms with van der Waals surface area (Å²) >= 11 is 1.47. The fraction of sp³-hybridized carbons (Fsp3) is 0.222. The molecule has 4 aromatic rings. The number of nitrogens with zero attached hydrogens (tertiary/aromatic N) is 5. The van der Waals surface area contributed by atoms with Crippen LogP contribution in [0.5, 0.6) is 0 Å². The molecule has 0 aliphatic rings. The van der Waals surface area contributed by atoms with Gasteiger partial charge in [0.2, 0.25) is 17.6 Å². The normalized spacial score (nSPS) is 10.9. The van der Waals surface area contributed by atoms with Gasteiger partial charge in [0, 0.05) is 30.6 Å². The standard InChI is InChI=1S/C18H16N6O3S/c25-15(4-1-5-16-23-17(24-27-16)14-3-2-8-26-14)21-9-12-11-28-18(22-12)13-10-19-6-7-20-13/h2-3,6-8,10-11H,1,4-5,9H2,(H,21,25). The Labute approximate surface area is 163 Å². The lowest BCUT2D eigenvalue weighted by Crippen LogP contribution is -2.22. The summed E-state index contributed by atoms with van der Waals surface area (Å²) in [5, 5.41) is 9.41. The number of carbonyl (C=O) groups is 1. The summed E-state index contributed by atoms with van der Waals surface area (Å²) in [6, 6.07) is 3.52. The third-order valence-corrected chi connectivity index (χ3v) is 4.72. The first-order valence-electron chi connectivity index (χ1n) is 8.62. The van der Waals surface area contributed by atoms with Crippen molar-refractivity contribution in [2.24, 2.45) is 0 Å². The van der Waals surface area contributed by atoms with Gasteiger partial charge in [-0.15, -0.1) is 11.3 Å². The minimum atomic E-state index is -0.0557. The number of carbonyl (C=O) groups excluding carboxylic acids is 1. The molecule has 0 bridgehead atoms. The minimum absolute atomic E-state index is 0.0557. The molecule has 0 saturated heterocycles. The summed E-state index contributed by atoms with van der Waals surface area (Å²) in [5.41, 5.74) is 1.51. The maximum Gasteiger partial charge on any atom is 0.238 e. The Morgan fingerprint density at radius 1 is 1.25 bits per heavy atom. The highest BCUT2D eigenvalue weighted by atomic mass is 32.1. The zero-order valence-electron chi connectivity index (χ0n) is 14.7. The van der Waals surface area contributed by atoms with Crippen molar-refractivity contribution < 1.29 is 13.7 Å². The van der Waals surface area contributed by atoms with E-state index in [0.29, 0.717) is 43.3 Å².